The lowest BCUT2D eigenvalue weighted by atomic mass is 9.88. The summed E-state index contributed by atoms with van der Waals surface area (Å²) in [4.78, 5) is 36.8. The van der Waals surface area contributed by atoms with Crippen LogP contribution in [0.15, 0.2) is 0 Å². The van der Waals surface area contributed by atoms with Crippen molar-refractivity contribution in [2.75, 3.05) is 20.2 Å². The molecule has 1 aliphatic carbocycles. The Bertz CT molecular complexity index is 533. The van der Waals surface area contributed by atoms with E-state index >= 15 is 0 Å². The molecule has 3 N–H and O–H groups in total. The number of rotatable bonds is 6. The van der Waals surface area contributed by atoms with Gasteiger partial charge in [-0.1, -0.05) is 25.7 Å². The molecule has 0 radical (unpaired) electrons. The Kier molecular flexibility index (Phi) is 6.51. The summed E-state index contributed by atoms with van der Waals surface area (Å²) in [6.07, 6.45) is 7.88. The molecule has 3 unspecified atom stereocenters. The SMILES string of the molecule is COC(=O)C(C[C@@H]1CCCNC1=O)NC(=O)C1CC(C2CCCC2)CN1. The minimum atomic E-state index is -0.770. The molecule has 3 aliphatic rings. The quantitative estimate of drug-likeness (QED) is 0.603. The number of methoxy groups -OCH3 is 1. The molecule has 1 saturated carbocycles. The second-order valence-corrected chi connectivity index (χ2v) is 7.95. The molecule has 7 heteroatoms. The Morgan fingerprint density at radius 3 is 2.65 bits per heavy atom. The molecule has 0 bridgehead atoms. The summed E-state index contributed by atoms with van der Waals surface area (Å²) in [5.41, 5.74) is 0. The summed E-state index contributed by atoms with van der Waals surface area (Å²) < 4.78 is 4.85. The second-order valence-electron chi connectivity index (χ2n) is 7.95. The Morgan fingerprint density at radius 1 is 1.19 bits per heavy atom. The van der Waals surface area contributed by atoms with Crippen molar-refractivity contribution in [1.82, 2.24) is 16.0 Å². The van der Waals surface area contributed by atoms with Crippen LogP contribution in [0.4, 0.5) is 0 Å². The lowest BCUT2D eigenvalue weighted by Gasteiger charge is -2.26. The topological polar surface area (TPSA) is 96.5 Å². The van der Waals surface area contributed by atoms with Crippen molar-refractivity contribution in [2.45, 2.75) is 63.5 Å². The zero-order valence-corrected chi connectivity index (χ0v) is 15.6. The Labute approximate surface area is 155 Å². The van der Waals surface area contributed by atoms with Crippen LogP contribution in [0.5, 0.6) is 0 Å². The van der Waals surface area contributed by atoms with Gasteiger partial charge in [-0.05, 0) is 44.1 Å². The van der Waals surface area contributed by atoms with Gasteiger partial charge in [-0.15, -0.1) is 0 Å². The third-order valence-corrected chi connectivity index (χ3v) is 6.27. The molecule has 0 aromatic rings. The Morgan fingerprint density at radius 2 is 1.96 bits per heavy atom. The number of esters is 1. The van der Waals surface area contributed by atoms with Crippen molar-refractivity contribution in [3.63, 3.8) is 0 Å². The number of carbonyl (C=O) groups excluding carboxylic acids is 3. The van der Waals surface area contributed by atoms with E-state index in [-0.39, 0.29) is 23.8 Å². The summed E-state index contributed by atoms with van der Waals surface area (Å²) in [6.45, 7) is 1.55. The van der Waals surface area contributed by atoms with Gasteiger partial charge in [0.15, 0.2) is 0 Å². The number of hydrogen-bond donors (Lipinski definition) is 3. The maximum atomic E-state index is 12.7. The maximum absolute atomic E-state index is 12.7. The monoisotopic (exact) mass is 365 g/mol. The smallest absolute Gasteiger partial charge is 0.328 e. The number of nitrogens with one attached hydrogen (secondary N) is 3. The molecule has 2 saturated heterocycles. The van der Waals surface area contributed by atoms with Crippen LogP contribution in [-0.2, 0) is 19.1 Å². The fourth-order valence-electron chi connectivity index (χ4n) is 4.72. The first-order valence-electron chi connectivity index (χ1n) is 9.97. The maximum Gasteiger partial charge on any atom is 0.328 e. The zero-order valence-electron chi connectivity index (χ0n) is 15.6. The van der Waals surface area contributed by atoms with Crippen molar-refractivity contribution in [3.05, 3.63) is 0 Å². The van der Waals surface area contributed by atoms with Gasteiger partial charge in [-0.3, -0.25) is 9.59 Å². The standard InChI is InChI=1S/C19H31N3O4/c1-26-19(25)16(9-13-7-4-8-20-17(13)23)22-18(24)15-10-14(11-21-15)12-5-2-3-6-12/h12-16,21H,2-11H2,1H3,(H,20,23)(H,22,24)/t13-,14?,15?,16?/m0/s1. The molecule has 3 fully saturated rings. The Balaban J connectivity index is 1.55. The molecule has 7 nitrogen and oxygen atoms in total. The molecule has 26 heavy (non-hydrogen) atoms. The lowest BCUT2D eigenvalue weighted by Crippen LogP contribution is -2.50. The molecule has 0 spiro atoms. The number of piperidine rings is 1. The average Bonchev–Trinajstić information content (AvgIpc) is 3.33. The van der Waals surface area contributed by atoms with Gasteiger partial charge in [-0.25, -0.2) is 4.79 Å². The third kappa shape index (κ3) is 4.55. The molecule has 2 aliphatic heterocycles. The second kappa shape index (κ2) is 8.84. The number of ether oxygens (including phenoxy) is 1. The lowest BCUT2D eigenvalue weighted by molar-refractivity contribution is -0.146. The van der Waals surface area contributed by atoms with Crippen LogP contribution in [-0.4, -0.2) is 50.1 Å². The van der Waals surface area contributed by atoms with Gasteiger partial charge in [0.25, 0.3) is 0 Å². The molecule has 4 atom stereocenters. The van der Waals surface area contributed by atoms with Crippen LogP contribution >= 0.6 is 0 Å². The number of hydrogen-bond acceptors (Lipinski definition) is 5. The van der Waals surface area contributed by atoms with Gasteiger partial charge in [-0.2, -0.15) is 0 Å². The van der Waals surface area contributed by atoms with Crippen LogP contribution in [0.25, 0.3) is 0 Å². The van der Waals surface area contributed by atoms with E-state index in [0.29, 0.717) is 18.9 Å². The van der Waals surface area contributed by atoms with E-state index < -0.39 is 12.0 Å². The van der Waals surface area contributed by atoms with Crippen LogP contribution in [0.3, 0.4) is 0 Å². The van der Waals surface area contributed by atoms with Gasteiger partial charge in [0.05, 0.1) is 13.2 Å². The molecular weight excluding hydrogens is 334 g/mol. The van der Waals surface area contributed by atoms with Gasteiger partial charge in [0.2, 0.25) is 11.8 Å². The fraction of sp³-hybridized carbons (Fsp3) is 0.842. The molecule has 2 heterocycles. The summed E-state index contributed by atoms with van der Waals surface area (Å²) in [5, 5.41) is 8.97. The number of carbonyl (C=O) groups is 3. The van der Waals surface area contributed by atoms with Crippen molar-refractivity contribution < 1.29 is 19.1 Å². The van der Waals surface area contributed by atoms with Crippen molar-refractivity contribution in [1.29, 1.82) is 0 Å². The summed E-state index contributed by atoms with van der Waals surface area (Å²) in [6, 6.07) is -1.03. The van der Waals surface area contributed by atoms with Crippen molar-refractivity contribution in [3.8, 4) is 0 Å². The van der Waals surface area contributed by atoms with Crippen molar-refractivity contribution in [2.24, 2.45) is 17.8 Å². The number of amides is 2. The molecule has 2 amide bonds. The van der Waals surface area contributed by atoms with Crippen LogP contribution < -0.4 is 16.0 Å². The van der Waals surface area contributed by atoms with Gasteiger partial charge in [0, 0.05) is 12.5 Å². The van der Waals surface area contributed by atoms with E-state index in [1.165, 1.54) is 32.8 Å². The molecule has 0 aromatic heterocycles. The minimum absolute atomic E-state index is 0.0420. The van der Waals surface area contributed by atoms with Gasteiger partial charge >= 0.3 is 5.97 Å². The summed E-state index contributed by atoms with van der Waals surface area (Å²) >= 11 is 0. The largest absolute Gasteiger partial charge is 0.467 e. The van der Waals surface area contributed by atoms with E-state index in [0.717, 1.165) is 31.7 Å². The predicted octanol–water partition coefficient (Wildman–Crippen LogP) is 0.729. The van der Waals surface area contributed by atoms with Gasteiger partial charge in [0.1, 0.15) is 6.04 Å². The first-order chi connectivity index (χ1) is 12.6. The minimum Gasteiger partial charge on any atom is -0.467 e. The zero-order chi connectivity index (χ0) is 18.5. The van der Waals surface area contributed by atoms with E-state index in [4.69, 9.17) is 4.74 Å². The highest BCUT2D eigenvalue weighted by atomic mass is 16.5. The van der Waals surface area contributed by atoms with E-state index in [1.807, 2.05) is 0 Å². The fourth-order valence-corrected chi connectivity index (χ4v) is 4.72. The van der Waals surface area contributed by atoms with Crippen LogP contribution in [0.2, 0.25) is 0 Å². The molecule has 0 aromatic carbocycles. The molecule has 146 valence electrons. The van der Waals surface area contributed by atoms with Crippen LogP contribution in [0, 0.1) is 17.8 Å². The van der Waals surface area contributed by atoms with E-state index in [1.54, 1.807) is 0 Å². The summed E-state index contributed by atoms with van der Waals surface area (Å²) in [7, 11) is 1.31. The first-order valence-corrected chi connectivity index (χ1v) is 9.97. The normalized spacial score (nSPS) is 30.7. The van der Waals surface area contributed by atoms with Crippen LogP contribution in [0.1, 0.15) is 51.4 Å². The third-order valence-electron chi connectivity index (χ3n) is 6.27. The highest BCUT2D eigenvalue weighted by Crippen LogP contribution is 2.35. The summed E-state index contributed by atoms with van der Waals surface area (Å²) in [5.74, 6) is 0.339. The van der Waals surface area contributed by atoms with E-state index in [2.05, 4.69) is 16.0 Å². The van der Waals surface area contributed by atoms with Crippen molar-refractivity contribution >= 4 is 17.8 Å². The highest BCUT2D eigenvalue weighted by molar-refractivity contribution is 5.88. The highest BCUT2D eigenvalue weighted by Gasteiger charge is 2.37. The average molecular weight is 365 g/mol. The first kappa shape index (κ1) is 19.1. The Hall–Kier alpha value is -1.63. The van der Waals surface area contributed by atoms with E-state index in [9.17, 15) is 14.4 Å². The molecule has 3 rings (SSSR count). The van der Waals surface area contributed by atoms with Gasteiger partial charge < -0.3 is 20.7 Å². The predicted molar refractivity (Wildman–Crippen MR) is 96.2 cm³/mol. The molecular formula is C19H31N3O4.